The van der Waals surface area contributed by atoms with Crippen molar-refractivity contribution in [1.82, 2.24) is 0 Å². The van der Waals surface area contributed by atoms with Gasteiger partial charge in [-0.25, -0.2) is 0 Å². The molecule has 166 valence electrons. The van der Waals surface area contributed by atoms with Gasteiger partial charge in [-0.3, -0.25) is 9.59 Å². The number of hydrogen-bond acceptors (Lipinski definition) is 6. The van der Waals surface area contributed by atoms with E-state index >= 15 is 0 Å². The Kier molecular flexibility index (Phi) is 10.1. The summed E-state index contributed by atoms with van der Waals surface area (Å²) in [5, 5.41) is 10.1. The quantitative estimate of drug-likeness (QED) is 0.270. The first-order valence-electron chi connectivity index (χ1n) is 10.4. The SMILES string of the molecule is COC(=O)CCCC(=O)c1ccc(OCCCCC=Cc2ccc(OC)cc2)c(O)c1. The zero-order valence-corrected chi connectivity index (χ0v) is 18.1. The molecule has 6 heteroatoms. The van der Waals surface area contributed by atoms with E-state index < -0.39 is 0 Å². The number of methoxy groups -OCH3 is 2. The lowest BCUT2D eigenvalue weighted by atomic mass is 10.0. The molecule has 0 aromatic heterocycles. The first-order chi connectivity index (χ1) is 15.0. The van der Waals surface area contributed by atoms with Crippen LogP contribution in [0.4, 0.5) is 0 Å². The topological polar surface area (TPSA) is 82.1 Å². The van der Waals surface area contributed by atoms with Crippen LogP contribution in [-0.2, 0) is 9.53 Å². The molecular formula is C25H30O6. The van der Waals surface area contributed by atoms with E-state index in [1.165, 1.54) is 13.2 Å². The van der Waals surface area contributed by atoms with Gasteiger partial charge in [0.1, 0.15) is 5.75 Å². The smallest absolute Gasteiger partial charge is 0.305 e. The lowest BCUT2D eigenvalue weighted by molar-refractivity contribution is -0.140. The second-order valence-electron chi connectivity index (χ2n) is 7.06. The van der Waals surface area contributed by atoms with Gasteiger partial charge in [-0.05, 0) is 61.6 Å². The minimum absolute atomic E-state index is 0.0572. The summed E-state index contributed by atoms with van der Waals surface area (Å²) in [7, 11) is 2.97. The van der Waals surface area contributed by atoms with Gasteiger partial charge >= 0.3 is 5.97 Å². The highest BCUT2D eigenvalue weighted by molar-refractivity contribution is 5.96. The number of ether oxygens (including phenoxy) is 3. The Morgan fingerprint density at radius 3 is 2.42 bits per heavy atom. The van der Waals surface area contributed by atoms with Gasteiger partial charge in [0.15, 0.2) is 17.3 Å². The molecule has 6 nitrogen and oxygen atoms in total. The molecule has 2 rings (SSSR count). The molecule has 0 fully saturated rings. The molecule has 31 heavy (non-hydrogen) atoms. The lowest BCUT2D eigenvalue weighted by Crippen LogP contribution is -2.04. The molecule has 0 saturated carbocycles. The Balaban J connectivity index is 1.68. The van der Waals surface area contributed by atoms with E-state index in [2.05, 4.69) is 16.9 Å². The maximum absolute atomic E-state index is 12.2. The standard InChI is InChI=1S/C25H30O6/c1-29-21-14-11-19(12-15-21)8-5-3-4-6-17-31-24-16-13-20(18-23(24)27)22(26)9-7-10-25(28)30-2/h5,8,11-16,18,27H,3-4,6-7,9-10,17H2,1-2H3. The summed E-state index contributed by atoms with van der Waals surface area (Å²) in [5.74, 6) is 0.677. The molecule has 0 unspecified atom stereocenters. The number of rotatable bonds is 13. The van der Waals surface area contributed by atoms with Crippen LogP contribution < -0.4 is 9.47 Å². The Bertz CT molecular complexity index is 870. The van der Waals surface area contributed by atoms with E-state index in [9.17, 15) is 14.7 Å². The maximum Gasteiger partial charge on any atom is 0.305 e. The lowest BCUT2D eigenvalue weighted by Gasteiger charge is -2.09. The third kappa shape index (κ3) is 8.54. The third-order valence-electron chi connectivity index (χ3n) is 4.74. The average Bonchev–Trinajstić information content (AvgIpc) is 2.79. The fraction of sp³-hybridized carbons (Fsp3) is 0.360. The number of ketones is 1. The summed E-state index contributed by atoms with van der Waals surface area (Å²) in [6, 6.07) is 12.5. The number of esters is 1. The van der Waals surface area contributed by atoms with Crippen molar-refractivity contribution in [2.75, 3.05) is 20.8 Å². The minimum Gasteiger partial charge on any atom is -0.504 e. The van der Waals surface area contributed by atoms with Crippen molar-refractivity contribution in [3.05, 3.63) is 59.7 Å². The highest BCUT2D eigenvalue weighted by Gasteiger charge is 2.11. The Hall–Kier alpha value is -3.28. The van der Waals surface area contributed by atoms with Gasteiger partial charge in [0.2, 0.25) is 0 Å². The van der Waals surface area contributed by atoms with E-state index in [-0.39, 0.29) is 30.3 Å². The Morgan fingerprint density at radius 1 is 0.968 bits per heavy atom. The number of carbonyl (C=O) groups is 2. The number of carbonyl (C=O) groups excluding carboxylic acids is 2. The van der Waals surface area contributed by atoms with E-state index in [4.69, 9.17) is 9.47 Å². The maximum atomic E-state index is 12.2. The van der Waals surface area contributed by atoms with Crippen LogP contribution in [0.2, 0.25) is 0 Å². The van der Waals surface area contributed by atoms with E-state index in [0.29, 0.717) is 24.3 Å². The van der Waals surface area contributed by atoms with Gasteiger partial charge in [-0.2, -0.15) is 0 Å². The van der Waals surface area contributed by atoms with Crippen molar-refractivity contribution in [1.29, 1.82) is 0 Å². The van der Waals surface area contributed by atoms with Crippen LogP contribution in [0.1, 0.15) is 54.4 Å². The van der Waals surface area contributed by atoms with Crippen molar-refractivity contribution in [2.24, 2.45) is 0 Å². The molecule has 0 spiro atoms. The van der Waals surface area contributed by atoms with Gasteiger partial charge in [-0.15, -0.1) is 0 Å². The monoisotopic (exact) mass is 426 g/mol. The average molecular weight is 427 g/mol. The highest BCUT2D eigenvalue weighted by Crippen LogP contribution is 2.28. The molecule has 0 atom stereocenters. The first-order valence-corrected chi connectivity index (χ1v) is 10.4. The van der Waals surface area contributed by atoms with Crippen molar-refractivity contribution in [3.8, 4) is 17.2 Å². The Labute approximate surface area is 183 Å². The molecule has 0 aliphatic rings. The van der Waals surface area contributed by atoms with Crippen LogP contribution >= 0.6 is 0 Å². The molecule has 0 aliphatic heterocycles. The van der Waals surface area contributed by atoms with E-state index in [1.54, 1.807) is 19.2 Å². The van der Waals surface area contributed by atoms with Crippen molar-refractivity contribution in [3.63, 3.8) is 0 Å². The number of phenolic OH excluding ortho intramolecular Hbond substituents is 1. The molecule has 0 saturated heterocycles. The molecule has 2 aromatic rings. The molecule has 1 N–H and O–H groups in total. The zero-order chi connectivity index (χ0) is 22.5. The largest absolute Gasteiger partial charge is 0.504 e. The second kappa shape index (κ2) is 13.1. The third-order valence-corrected chi connectivity index (χ3v) is 4.74. The van der Waals surface area contributed by atoms with Gasteiger partial charge in [0.25, 0.3) is 0 Å². The minimum atomic E-state index is -0.337. The molecule has 0 amide bonds. The summed E-state index contributed by atoms with van der Waals surface area (Å²) >= 11 is 0. The molecule has 0 aliphatic carbocycles. The van der Waals surface area contributed by atoms with E-state index in [1.807, 2.05) is 24.3 Å². The van der Waals surface area contributed by atoms with Crippen molar-refractivity contribution < 1.29 is 28.9 Å². The van der Waals surface area contributed by atoms with Gasteiger partial charge in [-0.1, -0.05) is 24.3 Å². The second-order valence-corrected chi connectivity index (χ2v) is 7.06. The summed E-state index contributed by atoms with van der Waals surface area (Å²) < 4.78 is 15.3. The molecule has 2 aromatic carbocycles. The summed E-state index contributed by atoms with van der Waals surface area (Å²) in [5.41, 5.74) is 1.53. The summed E-state index contributed by atoms with van der Waals surface area (Å²) in [6.07, 6.45) is 7.78. The Morgan fingerprint density at radius 2 is 1.74 bits per heavy atom. The van der Waals surface area contributed by atoms with Crippen LogP contribution in [-0.4, -0.2) is 37.7 Å². The number of allylic oxidation sites excluding steroid dienone is 1. The van der Waals surface area contributed by atoms with Gasteiger partial charge < -0.3 is 19.3 Å². The molecular weight excluding hydrogens is 396 g/mol. The normalized spacial score (nSPS) is 10.8. The number of unbranched alkanes of at least 4 members (excludes halogenated alkanes) is 2. The zero-order valence-electron chi connectivity index (χ0n) is 18.1. The van der Waals surface area contributed by atoms with Crippen molar-refractivity contribution >= 4 is 17.8 Å². The summed E-state index contributed by atoms with van der Waals surface area (Å²) in [4.78, 5) is 23.3. The van der Waals surface area contributed by atoms with Crippen LogP contribution in [0.15, 0.2) is 48.5 Å². The van der Waals surface area contributed by atoms with Gasteiger partial charge in [0, 0.05) is 18.4 Å². The molecule has 0 heterocycles. The number of benzene rings is 2. The van der Waals surface area contributed by atoms with Gasteiger partial charge in [0.05, 0.1) is 20.8 Å². The molecule has 0 radical (unpaired) electrons. The number of hydrogen-bond donors (Lipinski definition) is 1. The van der Waals surface area contributed by atoms with E-state index in [0.717, 1.165) is 30.6 Å². The summed E-state index contributed by atoms with van der Waals surface area (Å²) in [6.45, 7) is 0.482. The fourth-order valence-electron chi connectivity index (χ4n) is 2.93. The fourth-order valence-corrected chi connectivity index (χ4v) is 2.93. The predicted octanol–water partition coefficient (Wildman–Crippen LogP) is 5.19. The number of phenols is 1. The molecule has 0 bridgehead atoms. The van der Waals surface area contributed by atoms with Crippen LogP contribution in [0.25, 0.3) is 6.08 Å². The van der Waals surface area contributed by atoms with Crippen LogP contribution in [0, 0.1) is 0 Å². The first kappa shape index (κ1) is 24.0. The highest BCUT2D eigenvalue weighted by atomic mass is 16.5. The number of aromatic hydroxyl groups is 1. The van der Waals surface area contributed by atoms with Crippen LogP contribution in [0.3, 0.4) is 0 Å². The number of Topliss-reactive ketones (excluding diaryl/α,β-unsaturated/α-hetero) is 1. The van der Waals surface area contributed by atoms with Crippen molar-refractivity contribution in [2.45, 2.75) is 38.5 Å². The van der Waals surface area contributed by atoms with Crippen LogP contribution in [0.5, 0.6) is 17.2 Å². The predicted molar refractivity (Wildman–Crippen MR) is 120 cm³/mol.